The average Bonchev–Trinajstić information content (AvgIpc) is 2.44. The Balaban J connectivity index is 2.84. The number of carbonyl (C=O) groups excluding carboxylic acids is 1. The van der Waals surface area contributed by atoms with Crippen molar-refractivity contribution in [2.45, 2.75) is 40.0 Å². The lowest BCUT2D eigenvalue weighted by atomic mass is 10.1. The van der Waals surface area contributed by atoms with Gasteiger partial charge in [0.25, 0.3) is 0 Å². The fourth-order valence-corrected chi connectivity index (χ4v) is 3.05. The molecule has 0 spiro atoms. The molecule has 1 aromatic rings. The van der Waals surface area contributed by atoms with E-state index in [2.05, 4.69) is 5.32 Å². The highest BCUT2D eigenvalue weighted by Gasteiger charge is 2.20. The van der Waals surface area contributed by atoms with Crippen LogP contribution in [0.15, 0.2) is 18.2 Å². The number of unbranched alkanes of at least 4 members (excludes halogenated alkanes) is 1. The van der Waals surface area contributed by atoms with Crippen molar-refractivity contribution in [1.82, 2.24) is 4.31 Å². The number of nitrogens with one attached hydrogen (secondary N) is 1. The minimum Gasteiger partial charge on any atom is -0.324 e. The molecule has 0 aliphatic heterocycles. The molecule has 1 rings (SSSR count). The summed E-state index contributed by atoms with van der Waals surface area (Å²) in [5, 5.41) is 2.86. The lowest BCUT2D eigenvalue weighted by molar-refractivity contribution is -0.116. The van der Waals surface area contributed by atoms with Gasteiger partial charge >= 0.3 is 0 Å². The Kier molecular flexibility index (Phi) is 7.03. The van der Waals surface area contributed by atoms with Gasteiger partial charge in [0.2, 0.25) is 15.9 Å². The van der Waals surface area contributed by atoms with Gasteiger partial charge in [0, 0.05) is 12.2 Å². The summed E-state index contributed by atoms with van der Waals surface area (Å²) in [5.74, 6) is -0.300. The van der Waals surface area contributed by atoms with Crippen LogP contribution in [0.2, 0.25) is 0 Å². The van der Waals surface area contributed by atoms with Gasteiger partial charge in [-0.25, -0.2) is 8.42 Å². The van der Waals surface area contributed by atoms with Crippen LogP contribution in [0.1, 0.15) is 37.8 Å². The zero-order chi connectivity index (χ0) is 16.8. The summed E-state index contributed by atoms with van der Waals surface area (Å²) in [6.07, 6.45) is 3.57. The van der Waals surface area contributed by atoms with Gasteiger partial charge in [-0.2, -0.15) is 4.31 Å². The normalized spacial score (nSPS) is 11.7. The van der Waals surface area contributed by atoms with Crippen LogP contribution in [-0.4, -0.2) is 38.0 Å². The van der Waals surface area contributed by atoms with Crippen molar-refractivity contribution < 1.29 is 13.2 Å². The lowest BCUT2D eigenvalue weighted by Crippen LogP contribution is -2.38. The van der Waals surface area contributed by atoms with Crippen molar-refractivity contribution in [3.05, 3.63) is 29.3 Å². The van der Waals surface area contributed by atoms with Gasteiger partial charge in [-0.15, -0.1) is 0 Å². The number of nitrogens with zero attached hydrogens (tertiary/aromatic N) is 1. The smallest absolute Gasteiger partial charge is 0.239 e. The van der Waals surface area contributed by atoms with Crippen molar-refractivity contribution in [3.63, 3.8) is 0 Å². The van der Waals surface area contributed by atoms with Crippen molar-refractivity contribution in [1.29, 1.82) is 0 Å². The molecule has 1 N–H and O–H groups in total. The molecule has 124 valence electrons. The third kappa shape index (κ3) is 5.42. The van der Waals surface area contributed by atoms with Gasteiger partial charge in [0.1, 0.15) is 0 Å². The van der Waals surface area contributed by atoms with Gasteiger partial charge in [-0.3, -0.25) is 4.79 Å². The number of anilines is 1. The van der Waals surface area contributed by atoms with Crippen LogP contribution in [0, 0.1) is 6.92 Å². The Labute approximate surface area is 133 Å². The summed E-state index contributed by atoms with van der Waals surface area (Å²) in [6, 6.07) is 5.85. The third-order valence-electron chi connectivity index (χ3n) is 3.55. The zero-order valence-electron chi connectivity index (χ0n) is 13.8. The number of sulfonamides is 1. The van der Waals surface area contributed by atoms with Crippen molar-refractivity contribution in [3.8, 4) is 0 Å². The first kappa shape index (κ1) is 18.6. The standard InChI is InChI=1S/C16H26N2O3S/c1-5-7-11-18(22(4,20)21)12-15(19)17-16-13(3)9-8-10-14(16)6-2/h8-10H,5-7,11-12H2,1-4H3,(H,17,19). The van der Waals surface area contributed by atoms with Crippen molar-refractivity contribution >= 4 is 21.6 Å². The lowest BCUT2D eigenvalue weighted by Gasteiger charge is -2.20. The fraction of sp³-hybridized carbons (Fsp3) is 0.562. The maximum absolute atomic E-state index is 12.2. The molecule has 6 heteroatoms. The van der Waals surface area contributed by atoms with Gasteiger partial charge in [-0.05, 0) is 30.9 Å². The summed E-state index contributed by atoms with van der Waals surface area (Å²) in [7, 11) is -3.38. The maximum atomic E-state index is 12.2. The molecule has 22 heavy (non-hydrogen) atoms. The number of rotatable bonds is 8. The molecule has 5 nitrogen and oxygen atoms in total. The molecule has 0 unspecified atom stereocenters. The first-order valence-electron chi connectivity index (χ1n) is 7.63. The Hall–Kier alpha value is -1.40. The van der Waals surface area contributed by atoms with Crippen LogP contribution in [0.25, 0.3) is 0 Å². The molecule has 0 heterocycles. The van der Waals surface area contributed by atoms with Gasteiger partial charge < -0.3 is 5.32 Å². The quantitative estimate of drug-likeness (QED) is 0.798. The third-order valence-corrected chi connectivity index (χ3v) is 4.80. The maximum Gasteiger partial charge on any atom is 0.239 e. The van der Waals surface area contributed by atoms with E-state index < -0.39 is 10.0 Å². The number of benzene rings is 1. The fourth-order valence-electron chi connectivity index (χ4n) is 2.24. The van der Waals surface area contributed by atoms with E-state index in [1.807, 2.05) is 39.0 Å². The molecule has 0 saturated carbocycles. The van der Waals surface area contributed by atoms with E-state index in [0.717, 1.165) is 42.3 Å². The number of amides is 1. The van der Waals surface area contributed by atoms with Crippen LogP contribution in [-0.2, 0) is 21.2 Å². The second-order valence-electron chi connectivity index (χ2n) is 5.46. The Morgan fingerprint density at radius 2 is 1.95 bits per heavy atom. The highest BCUT2D eigenvalue weighted by atomic mass is 32.2. The highest BCUT2D eigenvalue weighted by Crippen LogP contribution is 2.21. The molecule has 0 fully saturated rings. The first-order chi connectivity index (χ1) is 10.3. The average molecular weight is 326 g/mol. The number of hydrogen-bond donors (Lipinski definition) is 1. The van der Waals surface area contributed by atoms with Crippen LogP contribution < -0.4 is 5.32 Å². The van der Waals surface area contributed by atoms with Gasteiger partial charge in [-0.1, -0.05) is 38.5 Å². The van der Waals surface area contributed by atoms with Crippen LogP contribution in [0.3, 0.4) is 0 Å². The molecule has 0 radical (unpaired) electrons. The van der Waals surface area contributed by atoms with E-state index in [-0.39, 0.29) is 12.5 Å². The van der Waals surface area contributed by atoms with Gasteiger partial charge in [0.15, 0.2) is 0 Å². The van der Waals surface area contributed by atoms with E-state index in [4.69, 9.17) is 0 Å². The second-order valence-corrected chi connectivity index (χ2v) is 7.44. The van der Waals surface area contributed by atoms with Crippen LogP contribution >= 0.6 is 0 Å². The molecule has 1 aromatic carbocycles. The Morgan fingerprint density at radius 1 is 1.27 bits per heavy atom. The molecule has 1 amide bonds. The summed E-state index contributed by atoms with van der Waals surface area (Å²) in [4.78, 5) is 12.2. The molecular weight excluding hydrogens is 300 g/mol. The minimum atomic E-state index is -3.38. The molecule has 0 aliphatic rings. The predicted octanol–water partition coefficient (Wildman–Crippen LogP) is 2.56. The number of carbonyl (C=O) groups is 1. The molecule has 0 aliphatic carbocycles. The van der Waals surface area contributed by atoms with Crippen LogP contribution in [0.5, 0.6) is 0 Å². The summed E-state index contributed by atoms with van der Waals surface area (Å²) in [6.45, 7) is 6.17. The number of hydrogen-bond acceptors (Lipinski definition) is 3. The number of para-hydroxylation sites is 1. The summed E-state index contributed by atoms with van der Waals surface area (Å²) < 4.78 is 24.8. The largest absolute Gasteiger partial charge is 0.324 e. The van der Waals surface area contributed by atoms with Gasteiger partial charge in [0.05, 0.1) is 12.8 Å². The molecular formula is C16H26N2O3S. The molecule has 0 aromatic heterocycles. The summed E-state index contributed by atoms with van der Waals surface area (Å²) in [5.41, 5.74) is 2.82. The zero-order valence-corrected chi connectivity index (χ0v) is 14.7. The Bertz CT molecular complexity index is 612. The van der Waals surface area contributed by atoms with E-state index in [9.17, 15) is 13.2 Å². The SMILES string of the molecule is CCCCN(CC(=O)Nc1c(C)cccc1CC)S(C)(=O)=O. The number of aryl methyl sites for hydroxylation is 2. The van der Waals surface area contributed by atoms with E-state index >= 15 is 0 Å². The van der Waals surface area contributed by atoms with Crippen molar-refractivity contribution in [2.24, 2.45) is 0 Å². The molecule has 0 bridgehead atoms. The first-order valence-corrected chi connectivity index (χ1v) is 9.47. The van der Waals surface area contributed by atoms with E-state index in [0.29, 0.717) is 6.54 Å². The Morgan fingerprint density at radius 3 is 2.50 bits per heavy atom. The molecule has 0 atom stereocenters. The molecule has 0 saturated heterocycles. The van der Waals surface area contributed by atoms with Crippen LogP contribution in [0.4, 0.5) is 5.69 Å². The monoisotopic (exact) mass is 326 g/mol. The summed E-state index contributed by atoms with van der Waals surface area (Å²) >= 11 is 0. The minimum absolute atomic E-state index is 0.143. The highest BCUT2D eigenvalue weighted by molar-refractivity contribution is 7.88. The second kappa shape index (κ2) is 8.29. The van der Waals surface area contributed by atoms with E-state index in [1.54, 1.807) is 0 Å². The predicted molar refractivity (Wildman–Crippen MR) is 90.5 cm³/mol. The van der Waals surface area contributed by atoms with Crippen molar-refractivity contribution in [2.75, 3.05) is 24.7 Å². The topological polar surface area (TPSA) is 66.5 Å². The van der Waals surface area contributed by atoms with E-state index in [1.165, 1.54) is 4.31 Å².